The minimum Gasteiger partial charge on any atom is -0.483 e. The normalized spacial score (nSPS) is 17.5. The molecule has 0 saturated carbocycles. The van der Waals surface area contributed by atoms with Gasteiger partial charge in [-0.3, -0.25) is 14.7 Å². The molecular weight excluding hydrogens is 430 g/mol. The summed E-state index contributed by atoms with van der Waals surface area (Å²) in [5, 5.41) is 6.89. The van der Waals surface area contributed by atoms with Crippen molar-refractivity contribution < 1.29 is 19.4 Å². The molecule has 2 aliphatic rings. The monoisotopic (exact) mass is 469 g/mol. The first kappa shape index (κ1) is 27.3. The Kier molecular flexibility index (Phi) is 10.1. The molecule has 2 aromatic rings. The second-order valence-electron chi connectivity index (χ2n) is 9.26. The number of carbonyl (C=O) groups is 2. The molecule has 1 N–H and O–H groups in total. The average Bonchev–Trinajstić information content (AvgIpc) is 2.96. The SMILES string of the molecule is CC.Cc1ccc2c(c1)CCc1cccnc1C2N1CCN(C(=O)OC(C)(C)C)CC1.O=CO. The third-order valence-electron chi connectivity index (χ3n) is 5.77. The molecule has 1 aromatic carbocycles. The summed E-state index contributed by atoms with van der Waals surface area (Å²) < 4.78 is 5.56. The van der Waals surface area contributed by atoms with Crippen LogP contribution in [-0.2, 0) is 22.4 Å². The van der Waals surface area contributed by atoms with Crippen LogP contribution in [0.25, 0.3) is 0 Å². The minimum atomic E-state index is -0.463. The Morgan fingerprint density at radius 2 is 1.71 bits per heavy atom. The second kappa shape index (κ2) is 12.5. The quantitative estimate of drug-likeness (QED) is 0.601. The predicted octanol–water partition coefficient (Wildman–Crippen LogP) is 4.86. The summed E-state index contributed by atoms with van der Waals surface area (Å²) in [5.74, 6) is 0. The molecule has 0 bridgehead atoms. The van der Waals surface area contributed by atoms with Gasteiger partial charge in [0, 0.05) is 32.4 Å². The number of nitrogens with zero attached hydrogens (tertiary/aromatic N) is 3. The average molecular weight is 470 g/mol. The van der Waals surface area contributed by atoms with Gasteiger partial charge in [0.05, 0.1) is 11.7 Å². The number of hydrogen-bond donors (Lipinski definition) is 1. The van der Waals surface area contributed by atoms with E-state index in [1.54, 1.807) is 0 Å². The van der Waals surface area contributed by atoms with Gasteiger partial charge in [0.15, 0.2) is 0 Å². The van der Waals surface area contributed by atoms with Gasteiger partial charge in [-0.1, -0.05) is 43.7 Å². The van der Waals surface area contributed by atoms with Crippen LogP contribution in [0, 0.1) is 6.92 Å². The Bertz CT molecular complexity index is 947. The van der Waals surface area contributed by atoms with Gasteiger partial charge in [0.25, 0.3) is 6.47 Å². The third kappa shape index (κ3) is 7.03. The van der Waals surface area contributed by atoms with Crippen molar-refractivity contribution in [3.05, 3.63) is 64.5 Å². The zero-order valence-corrected chi connectivity index (χ0v) is 21.4. The molecule has 0 spiro atoms. The zero-order valence-electron chi connectivity index (χ0n) is 21.4. The molecule has 1 fully saturated rings. The van der Waals surface area contributed by atoms with Crippen molar-refractivity contribution in [1.82, 2.24) is 14.8 Å². The topological polar surface area (TPSA) is 83.0 Å². The van der Waals surface area contributed by atoms with Gasteiger partial charge < -0.3 is 14.7 Å². The van der Waals surface area contributed by atoms with E-state index in [4.69, 9.17) is 19.6 Å². The molecule has 7 nitrogen and oxygen atoms in total. The van der Waals surface area contributed by atoms with Crippen LogP contribution in [0.3, 0.4) is 0 Å². The number of ether oxygens (including phenoxy) is 1. The summed E-state index contributed by atoms with van der Waals surface area (Å²) in [6.07, 6.45) is 3.76. The number of piperazine rings is 1. The first-order chi connectivity index (χ1) is 16.2. The molecule has 1 aliphatic heterocycles. The Hall–Kier alpha value is -2.93. The lowest BCUT2D eigenvalue weighted by atomic mass is 9.94. The van der Waals surface area contributed by atoms with Crippen molar-refractivity contribution in [3.8, 4) is 0 Å². The number of amides is 1. The summed E-state index contributed by atoms with van der Waals surface area (Å²) in [6, 6.07) is 11.2. The van der Waals surface area contributed by atoms with Crippen molar-refractivity contribution in [1.29, 1.82) is 0 Å². The number of aromatic nitrogens is 1. The lowest BCUT2D eigenvalue weighted by molar-refractivity contribution is -0.122. The van der Waals surface area contributed by atoms with Gasteiger partial charge >= 0.3 is 6.09 Å². The number of carbonyl (C=O) groups excluding carboxylic acids is 1. The van der Waals surface area contributed by atoms with Crippen LogP contribution in [-0.4, -0.2) is 64.2 Å². The van der Waals surface area contributed by atoms with Crippen LogP contribution in [0.15, 0.2) is 36.5 Å². The predicted molar refractivity (Wildman–Crippen MR) is 134 cm³/mol. The van der Waals surface area contributed by atoms with Gasteiger partial charge in [-0.05, 0) is 63.3 Å². The van der Waals surface area contributed by atoms with E-state index in [0.29, 0.717) is 13.1 Å². The number of benzene rings is 1. The van der Waals surface area contributed by atoms with Crippen molar-refractivity contribution in [3.63, 3.8) is 0 Å². The highest BCUT2D eigenvalue weighted by atomic mass is 16.6. The van der Waals surface area contributed by atoms with Crippen LogP contribution in [0.1, 0.15) is 68.6 Å². The van der Waals surface area contributed by atoms with E-state index in [-0.39, 0.29) is 18.6 Å². The number of hydrogen-bond acceptors (Lipinski definition) is 5. The number of fused-ring (bicyclic) bond motifs is 2. The van der Waals surface area contributed by atoms with E-state index < -0.39 is 5.60 Å². The van der Waals surface area contributed by atoms with Gasteiger partial charge in [-0.25, -0.2) is 4.79 Å². The van der Waals surface area contributed by atoms with E-state index in [1.807, 2.05) is 51.8 Å². The highest BCUT2D eigenvalue weighted by Crippen LogP contribution is 2.36. The molecule has 2 heterocycles. The van der Waals surface area contributed by atoms with E-state index in [2.05, 4.69) is 36.1 Å². The summed E-state index contributed by atoms with van der Waals surface area (Å²) >= 11 is 0. The summed E-state index contributed by atoms with van der Waals surface area (Å²) in [5.41, 5.74) is 6.12. The summed E-state index contributed by atoms with van der Waals surface area (Å²) in [4.78, 5) is 29.9. The van der Waals surface area contributed by atoms with E-state index >= 15 is 0 Å². The van der Waals surface area contributed by atoms with Crippen LogP contribution in [0.4, 0.5) is 4.79 Å². The largest absolute Gasteiger partial charge is 0.483 e. The molecule has 0 radical (unpaired) electrons. The fourth-order valence-electron chi connectivity index (χ4n) is 4.40. The smallest absolute Gasteiger partial charge is 0.410 e. The fraction of sp³-hybridized carbons (Fsp3) is 0.519. The molecule has 7 heteroatoms. The van der Waals surface area contributed by atoms with Gasteiger partial charge in [-0.2, -0.15) is 0 Å². The number of rotatable bonds is 1. The second-order valence-corrected chi connectivity index (χ2v) is 9.26. The third-order valence-corrected chi connectivity index (χ3v) is 5.77. The van der Waals surface area contributed by atoms with E-state index in [1.165, 1.54) is 27.9 Å². The molecule has 1 atom stereocenters. The Morgan fingerprint density at radius 1 is 1.09 bits per heavy atom. The molecule has 186 valence electrons. The molecule has 1 aromatic heterocycles. The van der Waals surface area contributed by atoms with Crippen molar-refractivity contribution >= 4 is 12.6 Å². The highest BCUT2D eigenvalue weighted by Gasteiger charge is 2.34. The molecule has 34 heavy (non-hydrogen) atoms. The molecule has 1 aliphatic carbocycles. The van der Waals surface area contributed by atoms with E-state index in [9.17, 15) is 4.79 Å². The highest BCUT2D eigenvalue weighted by molar-refractivity contribution is 5.68. The van der Waals surface area contributed by atoms with Crippen molar-refractivity contribution in [2.24, 2.45) is 0 Å². The van der Waals surface area contributed by atoms with Gasteiger partial charge in [0.1, 0.15) is 5.60 Å². The maximum Gasteiger partial charge on any atom is 0.410 e. The van der Waals surface area contributed by atoms with Crippen LogP contribution in [0.2, 0.25) is 0 Å². The Morgan fingerprint density at radius 3 is 2.32 bits per heavy atom. The summed E-state index contributed by atoms with van der Waals surface area (Å²) in [6.45, 7) is 14.6. The fourth-order valence-corrected chi connectivity index (χ4v) is 4.40. The van der Waals surface area contributed by atoms with Crippen LogP contribution >= 0.6 is 0 Å². The lowest BCUT2D eigenvalue weighted by Crippen LogP contribution is -2.51. The molecule has 1 amide bonds. The molecule has 1 saturated heterocycles. The first-order valence-corrected chi connectivity index (χ1v) is 12.1. The van der Waals surface area contributed by atoms with Crippen molar-refractivity contribution in [2.45, 2.75) is 66.0 Å². The number of carboxylic acid groups (broad SMARTS) is 1. The number of aryl methyl sites for hydroxylation is 3. The summed E-state index contributed by atoms with van der Waals surface area (Å²) in [7, 11) is 0. The Balaban J connectivity index is 0.000000758. The zero-order chi connectivity index (χ0) is 25.3. The minimum absolute atomic E-state index is 0.144. The molecule has 1 unspecified atom stereocenters. The van der Waals surface area contributed by atoms with E-state index in [0.717, 1.165) is 25.9 Å². The van der Waals surface area contributed by atoms with Crippen LogP contribution in [0.5, 0.6) is 0 Å². The molecule has 4 rings (SSSR count). The lowest BCUT2D eigenvalue weighted by Gasteiger charge is -2.40. The van der Waals surface area contributed by atoms with Crippen molar-refractivity contribution in [2.75, 3.05) is 26.2 Å². The van der Waals surface area contributed by atoms with Gasteiger partial charge in [-0.15, -0.1) is 0 Å². The molecular formula is C27H39N3O4. The maximum atomic E-state index is 12.5. The number of pyridine rings is 1. The van der Waals surface area contributed by atoms with Crippen LogP contribution < -0.4 is 0 Å². The first-order valence-electron chi connectivity index (χ1n) is 12.1. The Labute approximate surface area is 203 Å². The maximum absolute atomic E-state index is 12.5. The van der Waals surface area contributed by atoms with Gasteiger partial charge in [0.2, 0.25) is 0 Å². The standard InChI is InChI=1S/C24H31N3O2.C2H6.CH2O2/c1-17-7-10-20-19(16-17)9-8-18-6-5-11-25-21(18)22(20)26-12-14-27(15-13-26)23(28)29-24(2,3)4;1-2;2-1-3/h5-7,10-11,16,22H,8-9,12-15H2,1-4H3;1-2H3;1H,(H,2,3).